The quantitative estimate of drug-likeness (QED) is 0.771. The Hall–Kier alpha value is -2.42. The molecule has 0 atom stereocenters. The summed E-state index contributed by atoms with van der Waals surface area (Å²) in [6, 6.07) is 12.5. The van der Waals surface area contributed by atoms with E-state index in [1.807, 2.05) is 24.3 Å². The highest BCUT2D eigenvalue weighted by Gasteiger charge is 2.07. The molecule has 0 saturated heterocycles. The van der Waals surface area contributed by atoms with Crippen LogP contribution in [0, 0.1) is 0 Å². The van der Waals surface area contributed by atoms with Crippen molar-refractivity contribution < 1.29 is 14.3 Å². The molecule has 0 fully saturated rings. The summed E-state index contributed by atoms with van der Waals surface area (Å²) in [7, 11) is 1.59. The highest BCUT2D eigenvalue weighted by atomic mass is 16.5. The van der Waals surface area contributed by atoms with Crippen LogP contribution in [0.5, 0.6) is 5.75 Å². The molecule has 0 N–H and O–H groups in total. The second kappa shape index (κ2) is 5.27. The van der Waals surface area contributed by atoms with Gasteiger partial charge in [-0.15, -0.1) is 0 Å². The maximum atomic E-state index is 10.9. The van der Waals surface area contributed by atoms with Gasteiger partial charge in [-0.2, -0.15) is 0 Å². The van der Waals surface area contributed by atoms with Gasteiger partial charge in [0.1, 0.15) is 18.3 Å². The first-order valence-electron chi connectivity index (χ1n) is 5.47. The van der Waals surface area contributed by atoms with Crippen molar-refractivity contribution in [1.29, 1.82) is 0 Å². The molecule has 90 valence electrons. The van der Waals surface area contributed by atoms with Gasteiger partial charge in [0, 0.05) is 16.7 Å². The largest absolute Gasteiger partial charge is 0.496 e. The fraction of sp³-hybridized carbons (Fsp3) is 0.0667. The summed E-state index contributed by atoms with van der Waals surface area (Å²) in [5.41, 5.74) is 2.59. The van der Waals surface area contributed by atoms with Gasteiger partial charge in [-0.1, -0.05) is 18.2 Å². The number of carbonyl (C=O) groups is 2. The summed E-state index contributed by atoms with van der Waals surface area (Å²) >= 11 is 0. The van der Waals surface area contributed by atoms with E-state index in [4.69, 9.17) is 4.74 Å². The minimum absolute atomic E-state index is 0.473. The van der Waals surface area contributed by atoms with Gasteiger partial charge in [0.15, 0.2) is 0 Å². The van der Waals surface area contributed by atoms with E-state index < -0.39 is 0 Å². The van der Waals surface area contributed by atoms with Crippen molar-refractivity contribution >= 4 is 12.6 Å². The summed E-state index contributed by atoms with van der Waals surface area (Å²) < 4.78 is 5.27. The Morgan fingerprint density at radius 2 is 1.56 bits per heavy atom. The lowest BCUT2D eigenvalue weighted by Crippen LogP contribution is -1.91. The molecule has 0 saturated carbocycles. The topological polar surface area (TPSA) is 43.4 Å². The van der Waals surface area contributed by atoms with Crippen molar-refractivity contribution in [2.45, 2.75) is 0 Å². The number of hydrogen-bond donors (Lipinski definition) is 0. The lowest BCUT2D eigenvalue weighted by molar-refractivity contribution is 0.112. The smallest absolute Gasteiger partial charge is 0.150 e. The van der Waals surface area contributed by atoms with Crippen LogP contribution in [0.2, 0.25) is 0 Å². The minimum atomic E-state index is 0.473. The number of ether oxygens (including phenoxy) is 1. The van der Waals surface area contributed by atoms with Crippen LogP contribution in [0.25, 0.3) is 11.1 Å². The second-order valence-corrected chi connectivity index (χ2v) is 3.82. The van der Waals surface area contributed by atoms with Gasteiger partial charge < -0.3 is 4.74 Å². The molecule has 0 unspecified atom stereocenters. The number of para-hydroxylation sites is 1. The normalized spacial score (nSPS) is 9.83. The third kappa shape index (κ3) is 2.30. The first-order chi connectivity index (χ1) is 8.78. The standard InChI is InChI=1S/C15H12O3/c1-18-15-5-3-2-4-14(15)13-7-11(9-16)6-12(8-13)10-17/h2-10H,1H3. The van der Waals surface area contributed by atoms with Crippen molar-refractivity contribution in [2.75, 3.05) is 7.11 Å². The van der Waals surface area contributed by atoms with Crippen LogP contribution in [0.1, 0.15) is 20.7 Å². The average Bonchev–Trinajstić information content (AvgIpc) is 2.46. The fourth-order valence-electron chi connectivity index (χ4n) is 1.85. The molecule has 0 aliphatic carbocycles. The molecule has 3 heteroatoms. The van der Waals surface area contributed by atoms with Gasteiger partial charge in [0.05, 0.1) is 7.11 Å². The number of benzene rings is 2. The Labute approximate surface area is 105 Å². The van der Waals surface area contributed by atoms with Crippen LogP contribution in [0.3, 0.4) is 0 Å². The average molecular weight is 240 g/mol. The zero-order valence-electron chi connectivity index (χ0n) is 9.92. The lowest BCUT2D eigenvalue weighted by atomic mass is 10.00. The second-order valence-electron chi connectivity index (χ2n) is 3.82. The molecule has 0 amide bonds. The van der Waals surface area contributed by atoms with Gasteiger partial charge in [-0.05, 0) is 29.8 Å². The van der Waals surface area contributed by atoms with Crippen molar-refractivity contribution in [2.24, 2.45) is 0 Å². The van der Waals surface area contributed by atoms with Crippen LogP contribution in [0.4, 0.5) is 0 Å². The Morgan fingerprint density at radius 1 is 0.944 bits per heavy atom. The molecular formula is C15H12O3. The highest BCUT2D eigenvalue weighted by Crippen LogP contribution is 2.30. The van der Waals surface area contributed by atoms with Crippen LogP contribution < -0.4 is 4.74 Å². The first-order valence-corrected chi connectivity index (χ1v) is 5.47. The highest BCUT2D eigenvalue weighted by molar-refractivity contribution is 5.87. The minimum Gasteiger partial charge on any atom is -0.496 e. The molecule has 0 spiro atoms. The van der Waals surface area contributed by atoms with Crippen molar-refractivity contribution in [1.82, 2.24) is 0 Å². The predicted octanol–water partition coefficient (Wildman–Crippen LogP) is 2.99. The Kier molecular flexibility index (Phi) is 3.53. The number of rotatable bonds is 4. The Morgan fingerprint density at radius 3 is 2.11 bits per heavy atom. The maximum absolute atomic E-state index is 10.9. The van der Waals surface area contributed by atoms with Gasteiger partial charge in [-0.3, -0.25) is 9.59 Å². The molecule has 0 aromatic heterocycles. The molecule has 0 aliphatic heterocycles. The van der Waals surface area contributed by atoms with Crippen molar-refractivity contribution in [3.63, 3.8) is 0 Å². The Balaban J connectivity index is 2.62. The predicted molar refractivity (Wildman–Crippen MR) is 69.2 cm³/mol. The van der Waals surface area contributed by atoms with Crippen LogP contribution in [0.15, 0.2) is 42.5 Å². The number of hydrogen-bond acceptors (Lipinski definition) is 3. The Bertz CT molecular complexity index is 562. The molecule has 0 aliphatic rings. The molecular weight excluding hydrogens is 228 g/mol. The van der Waals surface area contributed by atoms with E-state index in [9.17, 15) is 9.59 Å². The molecule has 2 aromatic rings. The zero-order chi connectivity index (χ0) is 13.0. The van der Waals surface area contributed by atoms with Crippen molar-refractivity contribution in [3.05, 3.63) is 53.6 Å². The van der Waals surface area contributed by atoms with E-state index in [1.165, 1.54) is 0 Å². The maximum Gasteiger partial charge on any atom is 0.150 e. The van der Waals surface area contributed by atoms with E-state index in [1.54, 1.807) is 25.3 Å². The number of carbonyl (C=O) groups excluding carboxylic acids is 2. The van der Waals surface area contributed by atoms with E-state index >= 15 is 0 Å². The third-order valence-electron chi connectivity index (χ3n) is 2.67. The zero-order valence-corrected chi connectivity index (χ0v) is 9.92. The summed E-state index contributed by atoms with van der Waals surface area (Å²) in [5, 5.41) is 0. The number of methoxy groups -OCH3 is 1. The van der Waals surface area contributed by atoms with Gasteiger partial charge in [0.2, 0.25) is 0 Å². The van der Waals surface area contributed by atoms with Gasteiger partial charge in [-0.25, -0.2) is 0 Å². The first kappa shape index (κ1) is 12.0. The monoisotopic (exact) mass is 240 g/mol. The SMILES string of the molecule is COc1ccccc1-c1cc(C=O)cc(C=O)c1. The molecule has 0 radical (unpaired) electrons. The molecule has 2 aromatic carbocycles. The van der Waals surface area contributed by atoms with Crippen molar-refractivity contribution in [3.8, 4) is 16.9 Å². The molecule has 0 heterocycles. The summed E-state index contributed by atoms with van der Waals surface area (Å²) in [6.07, 6.45) is 1.46. The summed E-state index contributed by atoms with van der Waals surface area (Å²) in [5.74, 6) is 0.706. The lowest BCUT2D eigenvalue weighted by Gasteiger charge is -2.09. The van der Waals surface area contributed by atoms with Crippen LogP contribution >= 0.6 is 0 Å². The summed E-state index contributed by atoms with van der Waals surface area (Å²) in [6.45, 7) is 0. The third-order valence-corrected chi connectivity index (χ3v) is 2.67. The molecule has 2 rings (SSSR count). The number of aldehydes is 2. The molecule has 18 heavy (non-hydrogen) atoms. The van der Waals surface area contributed by atoms with E-state index in [0.29, 0.717) is 16.9 Å². The van der Waals surface area contributed by atoms with Crippen LogP contribution in [-0.4, -0.2) is 19.7 Å². The fourth-order valence-corrected chi connectivity index (χ4v) is 1.85. The van der Waals surface area contributed by atoms with Crippen LogP contribution in [-0.2, 0) is 0 Å². The van der Waals surface area contributed by atoms with Gasteiger partial charge >= 0.3 is 0 Å². The van der Waals surface area contributed by atoms with E-state index in [-0.39, 0.29) is 0 Å². The van der Waals surface area contributed by atoms with E-state index in [2.05, 4.69) is 0 Å². The molecule has 0 bridgehead atoms. The van der Waals surface area contributed by atoms with E-state index in [0.717, 1.165) is 23.7 Å². The van der Waals surface area contributed by atoms with Gasteiger partial charge in [0.25, 0.3) is 0 Å². The molecule has 3 nitrogen and oxygen atoms in total. The summed E-state index contributed by atoms with van der Waals surface area (Å²) in [4.78, 5) is 21.7.